The van der Waals surface area contributed by atoms with E-state index in [1.54, 1.807) is 6.92 Å². The number of benzene rings is 2. The molecule has 0 spiro atoms. The number of hydroxylamine groups is 1. The first-order chi connectivity index (χ1) is 13.2. The van der Waals surface area contributed by atoms with Crippen molar-refractivity contribution in [2.75, 3.05) is 13.2 Å². The molecule has 1 N–H and O–H groups in total. The fourth-order valence-electron chi connectivity index (χ4n) is 2.56. The quantitative estimate of drug-likeness (QED) is 0.462. The molecule has 1 aromatic heterocycles. The minimum Gasteiger partial charge on any atom is -0.491 e. The highest BCUT2D eigenvalue weighted by Gasteiger charge is 2.23. The zero-order chi connectivity index (χ0) is 18.9. The zero-order valence-corrected chi connectivity index (χ0v) is 15.0. The number of rotatable bonds is 9. The monoisotopic (exact) mass is 367 g/mol. The maximum Gasteiger partial charge on any atom is 0.244 e. The number of amides is 1. The lowest BCUT2D eigenvalue weighted by Crippen LogP contribution is -2.27. The van der Waals surface area contributed by atoms with E-state index < -0.39 is 0 Å². The zero-order valence-electron chi connectivity index (χ0n) is 15.0. The van der Waals surface area contributed by atoms with Crippen molar-refractivity contribution in [3.63, 3.8) is 0 Å². The molecule has 3 rings (SSSR count). The summed E-state index contributed by atoms with van der Waals surface area (Å²) in [7, 11) is 0. The standard InChI is InChI=1S/C20H21N3O4/c1-15-21-22-20(27-15)18(16-8-4-2-5-9-16)14-19(24)23-26-13-12-25-17-10-6-3-7-11-17/h2-11,18H,12-14H2,1H3,(H,23,24). The van der Waals surface area contributed by atoms with Crippen LogP contribution < -0.4 is 10.2 Å². The van der Waals surface area contributed by atoms with E-state index in [0.29, 0.717) is 18.4 Å². The molecule has 140 valence electrons. The van der Waals surface area contributed by atoms with Gasteiger partial charge in [0, 0.05) is 13.3 Å². The lowest BCUT2D eigenvalue weighted by molar-refractivity contribution is -0.134. The van der Waals surface area contributed by atoms with Gasteiger partial charge in [0.15, 0.2) is 0 Å². The van der Waals surface area contributed by atoms with Gasteiger partial charge in [-0.1, -0.05) is 48.5 Å². The summed E-state index contributed by atoms with van der Waals surface area (Å²) in [6.45, 7) is 2.28. The van der Waals surface area contributed by atoms with Crippen LogP contribution in [0.2, 0.25) is 0 Å². The Kier molecular flexibility index (Phi) is 6.54. The minimum atomic E-state index is -0.337. The summed E-state index contributed by atoms with van der Waals surface area (Å²) in [5.74, 6) is 1.00. The van der Waals surface area contributed by atoms with Gasteiger partial charge in [-0.05, 0) is 17.7 Å². The van der Waals surface area contributed by atoms with Gasteiger partial charge in [-0.3, -0.25) is 9.63 Å². The van der Waals surface area contributed by atoms with E-state index in [9.17, 15) is 4.79 Å². The van der Waals surface area contributed by atoms with Crippen LogP contribution in [0.3, 0.4) is 0 Å². The van der Waals surface area contributed by atoms with Crippen LogP contribution in [-0.4, -0.2) is 29.3 Å². The third-order valence-corrected chi connectivity index (χ3v) is 3.81. The van der Waals surface area contributed by atoms with Gasteiger partial charge in [0.05, 0.1) is 5.92 Å². The number of para-hydroxylation sites is 1. The van der Waals surface area contributed by atoms with E-state index in [0.717, 1.165) is 11.3 Å². The van der Waals surface area contributed by atoms with Gasteiger partial charge in [-0.25, -0.2) is 5.48 Å². The van der Waals surface area contributed by atoms with Crippen molar-refractivity contribution in [2.45, 2.75) is 19.3 Å². The predicted molar refractivity (Wildman–Crippen MR) is 98.0 cm³/mol. The molecule has 0 aliphatic heterocycles. The van der Waals surface area contributed by atoms with Crippen molar-refractivity contribution in [1.29, 1.82) is 0 Å². The molecule has 0 bridgehead atoms. The van der Waals surface area contributed by atoms with Gasteiger partial charge in [0.2, 0.25) is 17.7 Å². The molecule has 1 unspecified atom stereocenters. The number of ether oxygens (including phenoxy) is 1. The fraction of sp³-hybridized carbons (Fsp3) is 0.250. The lowest BCUT2D eigenvalue weighted by atomic mass is 9.95. The van der Waals surface area contributed by atoms with Crippen molar-refractivity contribution in [3.8, 4) is 5.75 Å². The molecule has 3 aromatic rings. The normalized spacial score (nSPS) is 11.7. The lowest BCUT2D eigenvalue weighted by Gasteiger charge is -2.13. The molecule has 1 heterocycles. The third-order valence-electron chi connectivity index (χ3n) is 3.81. The van der Waals surface area contributed by atoms with Crippen molar-refractivity contribution in [2.24, 2.45) is 0 Å². The second-order valence-corrected chi connectivity index (χ2v) is 5.86. The number of hydrogen-bond donors (Lipinski definition) is 1. The Morgan fingerprint density at radius 2 is 1.74 bits per heavy atom. The Hall–Kier alpha value is -3.19. The van der Waals surface area contributed by atoms with Gasteiger partial charge in [-0.2, -0.15) is 0 Å². The largest absolute Gasteiger partial charge is 0.491 e. The molecular formula is C20H21N3O4. The molecule has 2 aromatic carbocycles. The highest BCUT2D eigenvalue weighted by molar-refractivity contribution is 5.76. The van der Waals surface area contributed by atoms with E-state index in [1.807, 2.05) is 60.7 Å². The minimum absolute atomic E-state index is 0.130. The Morgan fingerprint density at radius 3 is 2.41 bits per heavy atom. The Labute approximate surface area is 157 Å². The summed E-state index contributed by atoms with van der Waals surface area (Å²) >= 11 is 0. The molecule has 1 amide bonds. The number of hydrogen-bond acceptors (Lipinski definition) is 6. The molecule has 1 atom stereocenters. The number of carbonyl (C=O) groups excluding carboxylic acids is 1. The maximum absolute atomic E-state index is 12.3. The molecule has 0 radical (unpaired) electrons. The van der Waals surface area contributed by atoms with Crippen LogP contribution in [0.5, 0.6) is 5.75 Å². The predicted octanol–water partition coefficient (Wildman–Crippen LogP) is 3.03. The van der Waals surface area contributed by atoms with E-state index in [1.165, 1.54) is 0 Å². The summed E-state index contributed by atoms with van der Waals surface area (Å²) in [6.07, 6.45) is 0.130. The molecule has 7 nitrogen and oxygen atoms in total. The van der Waals surface area contributed by atoms with Crippen molar-refractivity contribution in [1.82, 2.24) is 15.7 Å². The second-order valence-electron chi connectivity index (χ2n) is 5.86. The van der Waals surface area contributed by atoms with Crippen LogP contribution in [-0.2, 0) is 9.63 Å². The number of aryl methyl sites for hydroxylation is 1. The fourth-order valence-corrected chi connectivity index (χ4v) is 2.56. The molecule has 0 aliphatic rings. The Morgan fingerprint density at radius 1 is 1.04 bits per heavy atom. The summed E-state index contributed by atoms with van der Waals surface area (Å²) in [6, 6.07) is 19.0. The third kappa shape index (κ3) is 5.65. The van der Waals surface area contributed by atoms with E-state index >= 15 is 0 Å². The van der Waals surface area contributed by atoms with Crippen LogP contribution in [0.4, 0.5) is 0 Å². The van der Waals surface area contributed by atoms with Crippen molar-refractivity contribution >= 4 is 5.91 Å². The van der Waals surface area contributed by atoms with Gasteiger partial charge < -0.3 is 9.15 Å². The molecule has 27 heavy (non-hydrogen) atoms. The van der Waals surface area contributed by atoms with Gasteiger partial charge >= 0.3 is 0 Å². The Bertz CT molecular complexity index is 837. The maximum atomic E-state index is 12.3. The number of carbonyl (C=O) groups is 1. The van der Waals surface area contributed by atoms with Crippen LogP contribution in [0, 0.1) is 6.92 Å². The molecule has 7 heteroatoms. The van der Waals surface area contributed by atoms with Crippen LogP contribution >= 0.6 is 0 Å². The topological polar surface area (TPSA) is 86.5 Å². The molecule has 0 saturated carbocycles. The van der Waals surface area contributed by atoms with Gasteiger partial charge in [-0.15, -0.1) is 10.2 Å². The van der Waals surface area contributed by atoms with Crippen LogP contribution in [0.1, 0.15) is 29.7 Å². The smallest absolute Gasteiger partial charge is 0.244 e. The summed E-state index contributed by atoms with van der Waals surface area (Å²) in [5, 5.41) is 7.92. The number of nitrogens with one attached hydrogen (secondary N) is 1. The summed E-state index contributed by atoms with van der Waals surface area (Å²) < 4.78 is 11.0. The highest BCUT2D eigenvalue weighted by Crippen LogP contribution is 2.26. The summed E-state index contributed by atoms with van der Waals surface area (Å²) in [5.41, 5.74) is 3.36. The number of aromatic nitrogens is 2. The Balaban J connectivity index is 1.49. The highest BCUT2D eigenvalue weighted by atomic mass is 16.7. The molecular weight excluding hydrogens is 346 g/mol. The van der Waals surface area contributed by atoms with E-state index in [2.05, 4.69) is 15.7 Å². The van der Waals surface area contributed by atoms with Crippen LogP contribution in [0.15, 0.2) is 65.1 Å². The SMILES string of the molecule is Cc1nnc(C(CC(=O)NOCCOc2ccccc2)c2ccccc2)o1. The average Bonchev–Trinajstić information content (AvgIpc) is 3.13. The van der Waals surface area contributed by atoms with E-state index in [-0.39, 0.29) is 24.9 Å². The first-order valence-corrected chi connectivity index (χ1v) is 8.66. The first kappa shape index (κ1) is 18.6. The second kappa shape index (κ2) is 9.49. The average molecular weight is 367 g/mol. The van der Waals surface area contributed by atoms with Gasteiger partial charge in [0.1, 0.15) is 19.0 Å². The van der Waals surface area contributed by atoms with Crippen LogP contribution in [0.25, 0.3) is 0 Å². The number of nitrogens with zero attached hydrogens (tertiary/aromatic N) is 2. The molecule has 0 saturated heterocycles. The van der Waals surface area contributed by atoms with Crippen molar-refractivity contribution in [3.05, 3.63) is 78.0 Å². The van der Waals surface area contributed by atoms with E-state index in [4.69, 9.17) is 14.0 Å². The molecule has 0 fully saturated rings. The van der Waals surface area contributed by atoms with Crippen molar-refractivity contribution < 1.29 is 18.8 Å². The van der Waals surface area contributed by atoms with Gasteiger partial charge in [0.25, 0.3) is 0 Å². The first-order valence-electron chi connectivity index (χ1n) is 8.66. The molecule has 0 aliphatic carbocycles. The summed E-state index contributed by atoms with van der Waals surface area (Å²) in [4.78, 5) is 17.5.